The van der Waals surface area contributed by atoms with Gasteiger partial charge in [-0.15, -0.1) is 0 Å². The van der Waals surface area contributed by atoms with Gasteiger partial charge in [0.2, 0.25) is 0 Å². The first-order valence-corrected chi connectivity index (χ1v) is 6.93. The van der Waals surface area contributed by atoms with E-state index in [1.807, 2.05) is 0 Å². The maximum atomic E-state index is 8.12. The van der Waals surface area contributed by atoms with Crippen LogP contribution in [0.15, 0.2) is 4.99 Å². The predicted octanol–water partition coefficient (Wildman–Crippen LogP) is -0.371. The third-order valence-corrected chi connectivity index (χ3v) is 5.26. The molecule has 3 atom stereocenters. The van der Waals surface area contributed by atoms with Crippen LogP contribution in [0.25, 0.3) is 0 Å². The van der Waals surface area contributed by atoms with Crippen molar-refractivity contribution in [2.75, 3.05) is 13.1 Å². The monoisotopic (exact) mass is 248 g/mol. The summed E-state index contributed by atoms with van der Waals surface area (Å²) in [6.45, 7) is 1.67. The molecule has 4 rings (SSSR count). The van der Waals surface area contributed by atoms with E-state index in [9.17, 15) is 0 Å². The van der Waals surface area contributed by atoms with E-state index in [0.717, 1.165) is 25.4 Å². The minimum Gasteiger partial charge on any atom is -0.370 e. The van der Waals surface area contributed by atoms with E-state index in [2.05, 4.69) is 20.5 Å². The Hall–Kier alpha value is -1.46. The number of nitrogens with zero attached hydrogens (tertiary/aromatic N) is 2. The molecule has 3 aliphatic heterocycles. The van der Waals surface area contributed by atoms with Crippen molar-refractivity contribution in [3.8, 4) is 0 Å². The number of aliphatic imine (C=N–C) groups is 1. The number of guanidine groups is 2. The summed E-state index contributed by atoms with van der Waals surface area (Å²) in [4.78, 5) is 6.71. The highest BCUT2D eigenvalue weighted by Crippen LogP contribution is 2.49. The highest BCUT2D eigenvalue weighted by molar-refractivity contribution is 5.86. The molecule has 3 fully saturated rings. The molecule has 6 nitrogen and oxygen atoms in total. The Labute approximate surface area is 107 Å². The second-order valence-electron chi connectivity index (χ2n) is 5.95. The second kappa shape index (κ2) is 3.30. The third kappa shape index (κ3) is 1.09. The molecule has 6 heteroatoms. The molecule has 5 N–H and O–H groups in total. The van der Waals surface area contributed by atoms with Crippen LogP contribution in [-0.2, 0) is 0 Å². The standard InChI is InChI=1S/C12H20N6/c13-10-16-9-6-15-11(14)18-5-4-8(7-2-1-3-7)12(9,18)17-10/h7-9H,1-6H2,(H2,14,15)(H3,13,16,17)/t8?,9?,12-/m1/s1. The van der Waals surface area contributed by atoms with E-state index in [0.29, 0.717) is 17.8 Å². The normalized spacial score (nSPS) is 42.6. The lowest BCUT2D eigenvalue weighted by Crippen LogP contribution is -2.73. The fourth-order valence-corrected chi connectivity index (χ4v) is 4.27. The molecule has 0 amide bonds. The van der Waals surface area contributed by atoms with Gasteiger partial charge in [0.05, 0.1) is 0 Å². The molecule has 3 heterocycles. The van der Waals surface area contributed by atoms with Crippen molar-refractivity contribution >= 4 is 11.9 Å². The Morgan fingerprint density at radius 2 is 2.22 bits per heavy atom. The molecule has 0 aromatic rings. The molecule has 0 bridgehead atoms. The third-order valence-electron chi connectivity index (χ3n) is 5.26. The molecule has 1 aliphatic carbocycles. The highest BCUT2D eigenvalue weighted by Gasteiger charge is 2.62. The molecule has 18 heavy (non-hydrogen) atoms. The number of nitrogens with one attached hydrogen (secondary N) is 3. The van der Waals surface area contributed by atoms with E-state index in [-0.39, 0.29) is 11.7 Å². The van der Waals surface area contributed by atoms with Crippen LogP contribution in [-0.4, -0.2) is 41.6 Å². The Kier molecular flexibility index (Phi) is 1.92. The average Bonchev–Trinajstić information content (AvgIpc) is 2.78. The molecule has 2 saturated heterocycles. The maximum Gasteiger partial charge on any atom is 0.193 e. The van der Waals surface area contributed by atoms with Crippen molar-refractivity contribution in [3.05, 3.63) is 0 Å². The fourth-order valence-electron chi connectivity index (χ4n) is 4.27. The zero-order valence-corrected chi connectivity index (χ0v) is 10.4. The van der Waals surface area contributed by atoms with Gasteiger partial charge >= 0.3 is 0 Å². The SMILES string of the molecule is N=C1NCC2N=C(N)N[C@@]23C(C2CCC2)CCN13. The molecule has 0 aromatic carbocycles. The Bertz CT molecular complexity index is 428. The summed E-state index contributed by atoms with van der Waals surface area (Å²) >= 11 is 0. The van der Waals surface area contributed by atoms with Gasteiger partial charge in [0.1, 0.15) is 11.7 Å². The fraction of sp³-hybridized carbons (Fsp3) is 0.833. The average molecular weight is 248 g/mol. The van der Waals surface area contributed by atoms with Gasteiger partial charge in [-0.25, -0.2) is 4.99 Å². The first-order chi connectivity index (χ1) is 8.72. The van der Waals surface area contributed by atoms with Gasteiger partial charge in [0, 0.05) is 19.0 Å². The minimum absolute atomic E-state index is 0.152. The van der Waals surface area contributed by atoms with Crippen LogP contribution in [0.2, 0.25) is 0 Å². The summed E-state index contributed by atoms with van der Waals surface area (Å²) in [6, 6.07) is 0.152. The van der Waals surface area contributed by atoms with Crippen molar-refractivity contribution in [2.24, 2.45) is 22.6 Å². The van der Waals surface area contributed by atoms with Gasteiger partial charge in [-0.05, 0) is 12.3 Å². The van der Waals surface area contributed by atoms with Crippen LogP contribution in [0.5, 0.6) is 0 Å². The zero-order valence-electron chi connectivity index (χ0n) is 10.4. The van der Waals surface area contributed by atoms with E-state index in [1.54, 1.807) is 0 Å². The van der Waals surface area contributed by atoms with Gasteiger partial charge in [0.25, 0.3) is 0 Å². The Balaban J connectivity index is 1.74. The first kappa shape index (κ1) is 10.5. The van der Waals surface area contributed by atoms with Crippen LogP contribution >= 0.6 is 0 Å². The smallest absolute Gasteiger partial charge is 0.193 e. The van der Waals surface area contributed by atoms with Crippen molar-refractivity contribution in [3.63, 3.8) is 0 Å². The molecular weight excluding hydrogens is 228 g/mol. The summed E-state index contributed by atoms with van der Waals surface area (Å²) in [7, 11) is 0. The molecule has 1 saturated carbocycles. The van der Waals surface area contributed by atoms with Crippen LogP contribution in [0.4, 0.5) is 0 Å². The lowest BCUT2D eigenvalue weighted by molar-refractivity contribution is 0.0487. The number of nitrogens with two attached hydrogens (primary N) is 1. The Morgan fingerprint density at radius 3 is 2.94 bits per heavy atom. The molecule has 4 aliphatic rings. The predicted molar refractivity (Wildman–Crippen MR) is 69.2 cm³/mol. The van der Waals surface area contributed by atoms with Gasteiger partial charge in [-0.1, -0.05) is 19.3 Å². The van der Waals surface area contributed by atoms with E-state index in [1.165, 1.54) is 19.3 Å². The summed E-state index contributed by atoms with van der Waals surface area (Å²) in [5.41, 5.74) is 5.73. The van der Waals surface area contributed by atoms with E-state index >= 15 is 0 Å². The second-order valence-corrected chi connectivity index (χ2v) is 5.95. The molecule has 0 aromatic heterocycles. The van der Waals surface area contributed by atoms with Gasteiger partial charge < -0.3 is 21.3 Å². The lowest BCUT2D eigenvalue weighted by Gasteiger charge is -2.50. The van der Waals surface area contributed by atoms with Crippen molar-refractivity contribution < 1.29 is 0 Å². The summed E-state index contributed by atoms with van der Waals surface area (Å²) in [5.74, 6) is 2.46. The number of hydrogen-bond acceptors (Lipinski definition) is 4. The first-order valence-electron chi connectivity index (χ1n) is 6.93. The van der Waals surface area contributed by atoms with E-state index < -0.39 is 0 Å². The van der Waals surface area contributed by atoms with Gasteiger partial charge in [0.15, 0.2) is 11.9 Å². The van der Waals surface area contributed by atoms with Crippen LogP contribution in [0.1, 0.15) is 25.7 Å². The topological polar surface area (TPSA) is 89.5 Å². The number of rotatable bonds is 1. The minimum atomic E-state index is -0.197. The molecule has 1 spiro atoms. The van der Waals surface area contributed by atoms with Gasteiger partial charge in [-0.2, -0.15) is 0 Å². The van der Waals surface area contributed by atoms with Gasteiger partial charge in [-0.3, -0.25) is 5.41 Å². The molecule has 0 radical (unpaired) electrons. The largest absolute Gasteiger partial charge is 0.370 e. The van der Waals surface area contributed by atoms with Crippen molar-refractivity contribution in [1.82, 2.24) is 15.5 Å². The van der Waals surface area contributed by atoms with Crippen LogP contribution in [0.3, 0.4) is 0 Å². The summed E-state index contributed by atoms with van der Waals surface area (Å²) in [5, 5.41) is 14.7. The van der Waals surface area contributed by atoms with Crippen molar-refractivity contribution in [1.29, 1.82) is 5.41 Å². The quantitative estimate of drug-likeness (QED) is 0.510. The van der Waals surface area contributed by atoms with E-state index in [4.69, 9.17) is 11.1 Å². The molecular formula is C12H20N6. The highest BCUT2D eigenvalue weighted by atomic mass is 15.5. The lowest BCUT2D eigenvalue weighted by atomic mass is 9.68. The molecule has 2 unspecified atom stereocenters. The summed E-state index contributed by atoms with van der Waals surface area (Å²) in [6.07, 6.45) is 5.17. The summed E-state index contributed by atoms with van der Waals surface area (Å²) < 4.78 is 0. The zero-order chi connectivity index (χ0) is 12.3. The van der Waals surface area contributed by atoms with Crippen molar-refractivity contribution in [2.45, 2.75) is 37.4 Å². The number of hydrogen-bond donors (Lipinski definition) is 4. The van der Waals surface area contributed by atoms with Crippen LogP contribution < -0.4 is 16.4 Å². The van der Waals surface area contributed by atoms with Crippen LogP contribution in [0, 0.1) is 17.2 Å². The maximum absolute atomic E-state index is 8.12. The Morgan fingerprint density at radius 1 is 1.39 bits per heavy atom. The molecule has 98 valence electrons.